The highest BCUT2D eigenvalue weighted by Gasteiger charge is 2.15. The van der Waals surface area contributed by atoms with Crippen LogP contribution in [0.3, 0.4) is 0 Å². The SMILES string of the molecule is Cc1ccc(OCc2nc(C(=O)OCc3nc(-c4ccc(Cl)cc4)no3)cs2)cc1. The van der Waals surface area contributed by atoms with Crippen molar-refractivity contribution in [2.24, 2.45) is 0 Å². The Labute approximate surface area is 181 Å². The summed E-state index contributed by atoms with van der Waals surface area (Å²) < 4.78 is 16.0. The number of aromatic nitrogens is 3. The van der Waals surface area contributed by atoms with Gasteiger partial charge in [-0.05, 0) is 43.3 Å². The van der Waals surface area contributed by atoms with E-state index < -0.39 is 5.97 Å². The summed E-state index contributed by atoms with van der Waals surface area (Å²) in [4.78, 5) is 20.7. The van der Waals surface area contributed by atoms with Gasteiger partial charge in [0.1, 0.15) is 17.4 Å². The van der Waals surface area contributed by atoms with Crippen molar-refractivity contribution < 1.29 is 18.8 Å². The van der Waals surface area contributed by atoms with Crippen molar-refractivity contribution in [1.29, 1.82) is 0 Å². The highest BCUT2D eigenvalue weighted by Crippen LogP contribution is 2.20. The molecular formula is C21H16ClN3O4S. The van der Waals surface area contributed by atoms with E-state index in [-0.39, 0.29) is 24.8 Å². The quantitative estimate of drug-likeness (QED) is 0.369. The van der Waals surface area contributed by atoms with Crippen molar-refractivity contribution in [3.63, 3.8) is 0 Å². The lowest BCUT2D eigenvalue weighted by atomic mass is 10.2. The Kier molecular flexibility index (Phi) is 6.06. The van der Waals surface area contributed by atoms with Crippen LogP contribution in [0.25, 0.3) is 11.4 Å². The van der Waals surface area contributed by atoms with Crippen LogP contribution in [0, 0.1) is 6.92 Å². The van der Waals surface area contributed by atoms with E-state index in [0.29, 0.717) is 15.9 Å². The first-order chi connectivity index (χ1) is 14.6. The third kappa shape index (κ3) is 5.03. The predicted molar refractivity (Wildman–Crippen MR) is 111 cm³/mol. The summed E-state index contributed by atoms with van der Waals surface area (Å²) in [6, 6.07) is 14.7. The fourth-order valence-corrected chi connectivity index (χ4v) is 3.28. The zero-order valence-electron chi connectivity index (χ0n) is 15.9. The van der Waals surface area contributed by atoms with Gasteiger partial charge >= 0.3 is 5.97 Å². The molecule has 0 saturated heterocycles. The highest BCUT2D eigenvalue weighted by molar-refractivity contribution is 7.09. The first kappa shape index (κ1) is 20.1. The molecule has 2 aromatic carbocycles. The van der Waals surface area contributed by atoms with Crippen LogP contribution in [-0.2, 0) is 18.0 Å². The predicted octanol–water partition coefficient (Wildman–Crippen LogP) is 5.09. The number of aryl methyl sites for hydroxylation is 1. The molecule has 0 radical (unpaired) electrons. The average Bonchev–Trinajstić information content (AvgIpc) is 3.42. The average molecular weight is 442 g/mol. The second-order valence-corrected chi connectivity index (χ2v) is 7.70. The molecule has 0 unspecified atom stereocenters. The second kappa shape index (κ2) is 9.06. The highest BCUT2D eigenvalue weighted by atomic mass is 35.5. The molecule has 152 valence electrons. The van der Waals surface area contributed by atoms with E-state index in [1.165, 1.54) is 11.3 Å². The lowest BCUT2D eigenvalue weighted by Gasteiger charge is -2.03. The Morgan fingerprint density at radius 3 is 2.60 bits per heavy atom. The molecule has 2 heterocycles. The lowest BCUT2D eigenvalue weighted by Crippen LogP contribution is -2.06. The van der Waals surface area contributed by atoms with Crippen LogP contribution in [0.2, 0.25) is 5.02 Å². The van der Waals surface area contributed by atoms with Crippen molar-refractivity contribution >= 4 is 28.9 Å². The van der Waals surface area contributed by atoms with E-state index in [1.807, 2.05) is 31.2 Å². The van der Waals surface area contributed by atoms with E-state index >= 15 is 0 Å². The standard InChI is InChI=1S/C21H16ClN3O4S/c1-13-2-8-16(9-3-13)27-11-19-23-17(12-30-19)21(26)28-10-18-24-20(25-29-18)14-4-6-15(22)7-5-14/h2-9,12H,10-11H2,1H3. The van der Waals surface area contributed by atoms with Crippen LogP contribution >= 0.6 is 22.9 Å². The summed E-state index contributed by atoms with van der Waals surface area (Å²) in [7, 11) is 0. The number of benzene rings is 2. The lowest BCUT2D eigenvalue weighted by molar-refractivity contribution is 0.0423. The van der Waals surface area contributed by atoms with E-state index in [4.69, 9.17) is 25.6 Å². The summed E-state index contributed by atoms with van der Waals surface area (Å²) >= 11 is 7.20. The summed E-state index contributed by atoms with van der Waals surface area (Å²) in [5.74, 6) is 0.750. The van der Waals surface area contributed by atoms with E-state index in [1.54, 1.807) is 29.6 Å². The van der Waals surface area contributed by atoms with Gasteiger partial charge in [0.2, 0.25) is 5.82 Å². The monoisotopic (exact) mass is 441 g/mol. The molecule has 0 N–H and O–H groups in total. The minimum Gasteiger partial charge on any atom is -0.486 e. The summed E-state index contributed by atoms with van der Waals surface area (Å²) in [6.45, 7) is 2.14. The van der Waals surface area contributed by atoms with Crippen LogP contribution in [0.1, 0.15) is 27.0 Å². The molecule has 2 aromatic heterocycles. The maximum absolute atomic E-state index is 12.2. The van der Waals surface area contributed by atoms with Crippen molar-refractivity contribution in [3.8, 4) is 17.1 Å². The molecule has 4 aromatic rings. The van der Waals surface area contributed by atoms with Crippen LogP contribution in [0.4, 0.5) is 0 Å². The zero-order valence-corrected chi connectivity index (χ0v) is 17.4. The van der Waals surface area contributed by atoms with Gasteiger partial charge < -0.3 is 14.0 Å². The van der Waals surface area contributed by atoms with Crippen molar-refractivity contribution in [1.82, 2.24) is 15.1 Å². The Bertz CT molecular complexity index is 1140. The molecule has 30 heavy (non-hydrogen) atoms. The normalized spacial score (nSPS) is 10.7. The Hall–Kier alpha value is -3.23. The molecule has 0 aliphatic rings. The molecule has 7 nitrogen and oxygen atoms in total. The molecule has 0 fully saturated rings. The first-order valence-corrected chi connectivity index (χ1v) is 10.2. The fraction of sp³-hybridized carbons (Fsp3) is 0.143. The van der Waals surface area contributed by atoms with Crippen LogP contribution < -0.4 is 4.74 Å². The number of carbonyl (C=O) groups excluding carboxylic acids is 1. The van der Waals surface area contributed by atoms with Gasteiger partial charge in [-0.1, -0.05) is 34.5 Å². The first-order valence-electron chi connectivity index (χ1n) is 8.96. The minimum absolute atomic E-state index is 0.147. The van der Waals surface area contributed by atoms with Crippen molar-refractivity contribution in [3.05, 3.63) is 81.1 Å². The molecule has 9 heteroatoms. The summed E-state index contributed by atoms with van der Waals surface area (Å²) in [5.41, 5.74) is 2.11. The third-order valence-electron chi connectivity index (χ3n) is 4.04. The Morgan fingerprint density at radius 1 is 1.07 bits per heavy atom. The molecule has 0 atom stereocenters. The van der Waals surface area contributed by atoms with Gasteiger partial charge in [0, 0.05) is 16.0 Å². The van der Waals surface area contributed by atoms with Crippen molar-refractivity contribution in [2.45, 2.75) is 20.1 Å². The zero-order chi connectivity index (χ0) is 20.9. The Morgan fingerprint density at radius 2 is 1.83 bits per heavy atom. The number of ether oxygens (including phenoxy) is 2. The molecular weight excluding hydrogens is 426 g/mol. The smallest absolute Gasteiger partial charge is 0.358 e. The number of nitrogens with zero attached hydrogens (tertiary/aromatic N) is 3. The van der Waals surface area contributed by atoms with Gasteiger partial charge in [0.25, 0.3) is 5.89 Å². The van der Waals surface area contributed by atoms with E-state index in [2.05, 4.69) is 15.1 Å². The van der Waals surface area contributed by atoms with Gasteiger partial charge in [0.15, 0.2) is 12.3 Å². The number of rotatable bonds is 7. The molecule has 0 aliphatic heterocycles. The summed E-state index contributed by atoms with van der Waals surface area (Å²) in [5, 5.41) is 6.79. The van der Waals surface area contributed by atoms with E-state index in [9.17, 15) is 4.79 Å². The van der Waals surface area contributed by atoms with Gasteiger partial charge in [-0.3, -0.25) is 0 Å². The molecule has 0 saturated carbocycles. The molecule has 0 aliphatic carbocycles. The molecule has 0 bridgehead atoms. The number of halogens is 1. The third-order valence-corrected chi connectivity index (χ3v) is 5.12. The number of carbonyl (C=O) groups is 1. The minimum atomic E-state index is -0.570. The van der Waals surface area contributed by atoms with E-state index in [0.717, 1.165) is 16.9 Å². The second-order valence-electron chi connectivity index (χ2n) is 6.32. The molecule has 4 rings (SSSR count). The van der Waals surface area contributed by atoms with Crippen LogP contribution in [0.5, 0.6) is 5.75 Å². The van der Waals surface area contributed by atoms with Crippen LogP contribution in [-0.4, -0.2) is 21.1 Å². The number of esters is 1. The van der Waals surface area contributed by atoms with Crippen LogP contribution in [0.15, 0.2) is 58.4 Å². The van der Waals surface area contributed by atoms with Gasteiger partial charge in [0.05, 0.1) is 0 Å². The van der Waals surface area contributed by atoms with Gasteiger partial charge in [-0.2, -0.15) is 4.98 Å². The Balaban J connectivity index is 1.30. The number of thiazole rings is 1. The molecule has 0 spiro atoms. The largest absolute Gasteiger partial charge is 0.486 e. The van der Waals surface area contributed by atoms with Crippen molar-refractivity contribution in [2.75, 3.05) is 0 Å². The van der Waals surface area contributed by atoms with Gasteiger partial charge in [-0.25, -0.2) is 9.78 Å². The number of hydrogen-bond acceptors (Lipinski definition) is 8. The van der Waals surface area contributed by atoms with Gasteiger partial charge in [-0.15, -0.1) is 11.3 Å². The fourth-order valence-electron chi connectivity index (χ4n) is 2.48. The maximum atomic E-state index is 12.2. The number of hydrogen-bond donors (Lipinski definition) is 0. The topological polar surface area (TPSA) is 87.3 Å². The summed E-state index contributed by atoms with van der Waals surface area (Å²) in [6.07, 6.45) is 0. The maximum Gasteiger partial charge on any atom is 0.358 e. The molecule has 0 amide bonds.